The first-order valence-corrected chi connectivity index (χ1v) is 11.1. The predicted octanol–water partition coefficient (Wildman–Crippen LogP) is 4.15. The van der Waals surface area contributed by atoms with E-state index in [-0.39, 0.29) is 4.90 Å². The van der Waals surface area contributed by atoms with Gasteiger partial charge in [0.2, 0.25) is 5.91 Å². The van der Waals surface area contributed by atoms with Crippen LogP contribution >= 0.6 is 15.9 Å². The van der Waals surface area contributed by atoms with Crippen molar-refractivity contribution in [3.63, 3.8) is 0 Å². The Morgan fingerprint density at radius 1 is 1.11 bits per heavy atom. The lowest BCUT2D eigenvalue weighted by atomic mass is 10.00. The zero-order chi connectivity index (χ0) is 19.9. The van der Waals surface area contributed by atoms with Crippen molar-refractivity contribution in [1.29, 1.82) is 0 Å². The van der Waals surface area contributed by atoms with Gasteiger partial charge in [0, 0.05) is 15.4 Å². The van der Waals surface area contributed by atoms with E-state index in [1.807, 2.05) is 24.3 Å². The van der Waals surface area contributed by atoms with Crippen LogP contribution in [0.15, 0.2) is 64.0 Å². The quantitative estimate of drug-likeness (QED) is 0.635. The van der Waals surface area contributed by atoms with Crippen LogP contribution in [0.25, 0.3) is 10.8 Å². The molecular formula is C21H18BrNO4S. The van der Waals surface area contributed by atoms with Gasteiger partial charge in [-0.2, -0.15) is 0 Å². The number of hydrogen-bond donors (Lipinski definition) is 1. The van der Waals surface area contributed by atoms with E-state index in [4.69, 9.17) is 4.74 Å². The molecule has 5 nitrogen and oxygen atoms in total. The van der Waals surface area contributed by atoms with Crippen molar-refractivity contribution in [3.8, 4) is 5.75 Å². The van der Waals surface area contributed by atoms with Gasteiger partial charge in [-0.05, 0) is 42.0 Å². The maximum atomic E-state index is 13.0. The van der Waals surface area contributed by atoms with Gasteiger partial charge in [0.15, 0.2) is 0 Å². The number of rotatable bonds is 4. The number of nitrogens with one attached hydrogen (secondary N) is 1. The van der Waals surface area contributed by atoms with Crippen LogP contribution in [0.2, 0.25) is 0 Å². The second-order valence-electron chi connectivity index (χ2n) is 6.68. The van der Waals surface area contributed by atoms with E-state index in [9.17, 15) is 13.2 Å². The average molecular weight is 460 g/mol. The Hall–Kier alpha value is -2.38. The number of fused-ring (bicyclic) bond motifs is 2. The minimum Gasteiger partial charge on any atom is -0.496 e. The van der Waals surface area contributed by atoms with Gasteiger partial charge < -0.3 is 4.74 Å². The van der Waals surface area contributed by atoms with Crippen molar-refractivity contribution in [2.24, 2.45) is 0 Å². The molecule has 0 aliphatic heterocycles. The molecule has 1 amide bonds. The topological polar surface area (TPSA) is 72.5 Å². The third-order valence-electron chi connectivity index (χ3n) is 5.10. The Bertz CT molecular complexity index is 1180. The van der Waals surface area contributed by atoms with E-state index in [2.05, 4.69) is 20.7 Å². The Labute approximate surface area is 171 Å². The maximum Gasteiger partial charge on any atom is 0.264 e. The summed E-state index contributed by atoms with van der Waals surface area (Å²) in [5.74, 6) is -0.520. The van der Waals surface area contributed by atoms with Crippen LogP contribution in [0, 0.1) is 0 Å². The molecule has 3 aromatic carbocycles. The van der Waals surface area contributed by atoms with E-state index < -0.39 is 21.8 Å². The molecule has 0 saturated carbocycles. The summed E-state index contributed by atoms with van der Waals surface area (Å²) in [5.41, 5.74) is 1.74. The van der Waals surface area contributed by atoms with E-state index >= 15 is 0 Å². The summed E-state index contributed by atoms with van der Waals surface area (Å²) >= 11 is 3.51. The van der Waals surface area contributed by atoms with Gasteiger partial charge in [0.1, 0.15) is 5.75 Å². The first-order chi connectivity index (χ1) is 13.4. The molecule has 4 rings (SSSR count). The molecule has 7 heteroatoms. The van der Waals surface area contributed by atoms with Crippen LogP contribution < -0.4 is 9.46 Å². The lowest BCUT2D eigenvalue weighted by Gasteiger charge is -2.16. The molecule has 0 radical (unpaired) electrons. The second-order valence-corrected chi connectivity index (χ2v) is 9.19. The number of halogens is 1. The van der Waals surface area contributed by atoms with E-state index in [0.29, 0.717) is 24.0 Å². The van der Waals surface area contributed by atoms with Crippen molar-refractivity contribution in [3.05, 3.63) is 70.2 Å². The highest BCUT2D eigenvalue weighted by molar-refractivity contribution is 9.10. The molecule has 0 unspecified atom stereocenters. The molecule has 0 spiro atoms. The van der Waals surface area contributed by atoms with Gasteiger partial charge in [-0.1, -0.05) is 52.3 Å². The fourth-order valence-electron chi connectivity index (χ4n) is 3.81. The Kier molecular flexibility index (Phi) is 4.89. The third-order valence-corrected chi connectivity index (χ3v) is 7.25. The van der Waals surface area contributed by atoms with Crippen molar-refractivity contribution < 1.29 is 17.9 Å². The summed E-state index contributed by atoms with van der Waals surface area (Å²) in [5, 5.41) is 1.38. The molecule has 28 heavy (non-hydrogen) atoms. The van der Waals surface area contributed by atoms with Gasteiger partial charge in [0.25, 0.3) is 10.0 Å². The summed E-state index contributed by atoms with van der Waals surface area (Å²) in [4.78, 5) is 13.0. The van der Waals surface area contributed by atoms with Crippen molar-refractivity contribution in [1.82, 2.24) is 4.72 Å². The molecule has 0 heterocycles. The smallest absolute Gasteiger partial charge is 0.264 e. The summed E-state index contributed by atoms with van der Waals surface area (Å²) < 4.78 is 34.5. The zero-order valence-corrected chi connectivity index (χ0v) is 17.5. The molecule has 144 valence electrons. The fraction of sp³-hybridized carbons (Fsp3) is 0.190. The lowest BCUT2D eigenvalue weighted by molar-refractivity contribution is -0.120. The summed E-state index contributed by atoms with van der Waals surface area (Å²) in [6, 6.07) is 15.9. The minimum atomic E-state index is -4.01. The highest BCUT2D eigenvalue weighted by Gasteiger charge is 2.35. The molecule has 1 aliphatic carbocycles. The number of amides is 1. The Balaban J connectivity index is 1.70. The van der Waals surface area contributed by atoms with Gasteiger partial charge in [-0.15, -0.1) is 0 Å². The number of carbonyl (C=O) groups is 1. The largest absolute Gasteiger partial charge is 0.496 e. The molecule has 3 aromatic rings. The maximum absolute atomic E-state index is 13.0. The Morgan fingerprint density at radius 3 is 2.64 bits per heavy atom. The SMILES string of the molecule is COc1ccc(Br)c2c1[C@H](C(=O)NS(=O)(=O)c1cccc3ccccc13)CC2. The number of ether oxygens (including phenoxy) is 1. The predicted molar refractivity (Wildman–Crippen MR) is 111 cm³/mol. The number of benzene rings is 3. The lowest BCUT2D eigenvalue weighted by Crippen LogP contribution is -2.34. The van der Waals surface area contributed by atoms with E-state index in [0.717, 1.165) is 21.0 Å². The van der Waals surface area contributed by atoms with Gasteiger partial charge in [-0.25, -0.2) is 13.1 Å². The molecule has 1 aliphatic rings. The van der Waals surface area contributed by atoms with Crippen LogP contribution in [0.1, 0.15) is 23.5 Å². The second kappa shape index (κ2) is 7.22. The molecule has 0 saturated heterocycles. The third kappa shape index (κ3) is 3.18. The highest BCUT2D eigenvalue weighted by Crippen LogP contribution is 2.43. The standard InChI is InChI=1S/C21H18BrNO4S/c1-27-18-12-11-17(22)15-9-10-16(20(15)18)21(24)23-28(25,26)19-8-4-6-13-5-2-3-7-14(13)19/h2-8,11-12,16H,9-10H2,1H3,(H,23,24)/t16-/m1/s1. The molecule has 1 N–H and O–H groups in total. The van der Waals surface area contributed by atoms with Crippen LogP contribution in [-0.2, 0) is 21.2 Å². The molecule has 0 bridgehead atoms. The van der Waals surface area contributed by atoms with E-state index in [1.54, 1.807) is 31.4 Å². The van der Waals surface area contributed by atoms with Crippen LogP contribution in [-0.4, -0.2) is 21.4 Å². The van der Waals surface area contributed by atoms with E-state index in [1.165, 1.54) is 6.07 Å². The average Bonchev–Trinajstić information content (AvgIpc) is 3.14. The monoisotopic (exact) mass is 459 g/mol. The highest BCUT2D eigenvalue weighted by atomic mass is 79.9. The summed E-state index contributed by atoms with van der Waals surface area (Å²) in [7, 11) is -2.46. The molecule has 0 fully saturated rings. The minimum absolute atomic E-state index is 0.0957. The summed E-state index contributed by atoms with van der Waals surface area (Å²) in [6.07, 6.45) is 1.21. The van der Waals surface area contributed by atoms with Gasteiger partial charge >= 0.3 is 0 Å². The number of hydrogen-bond acceptors (Lipinski definition) is 4. The summed E-state index contributed by atoms with van der Waals surface area (Å²) in [6.45, 7) is 0. The molecule has 0 aromatic heterocycles. The fourth-order valence-corrected chi connectivity index (χ4v) is 5.61. The van der Waals surface area contributed by atoms with Crippen LogP contribution in [0.5, 0.6) is 5.75 Å². The van der Waals surface area contributed by atoms with Crippen LogP contribution in [0.4, 0.5) is 0 Å². The molecular weight excluding hydrogens is 442 g/mol. The van der Waals surface area contributed by atoms with Crippen LogP contribution in [0.3, 0.4) is 0 Å². The number of carbonyl (C=O) groups excluding carboxylic acids is 1. The number of methoxy groups -OCH3 is 1. The van der Waals surface area contributed by atoms with Crippen molar-refractivity contribution in [2.45, 2.75) is 23.7 Å². The van der Waals surface area contributed by atoms with Crippen molar-refractivity contribution >= 4 is 42.6 Å². The first-order valence-electron chi connectivity index (χ1n) is 8.82. The van der Waals surface area contributed by atoms with Crippen molar-refractivity contribution in [2.75, 3.05) is 7.11 Å². The zero-order valence-electron chi connectivity index (χ0n) is 15.1. The van der Waals surface area contributed by atoms with Gasteiger partial charge in [0.05, 0.1) is 17.9 Å². The number of sulfonamides is 1. The normalized spacial score (nSPS) is 16.0. The Morgan fingerprint density at radius 2 is 1.86 bits per heavy atom. The molecule has 1 atom stereocenters. The van der Waals surface area contributed by atoms with Gasteiger partial charge in [-0.3, -0.25) is 4.79 Å². The first kappa shape index (κ1) is 19.0.